The van der Waals surface area contributed by atoms with Gasteiger partial charge < -0.3 is 25.4 Å². The van der Waals surface area contributed by atoms with E-state index in [1.165, 1.54) is 38.0 Å². The summed E-state index contributed by atoms with van der Waals surface area (Å²) in [5.74, 6) is -0.250. The Hall–Kier alpha value is -3.36. The smallest absolute Gasteiger partial charge is 0.341 e. The van der Waals surface area contributed by atoms with Crippen LogP contribution in [0.1, 0.15) is 46.0 Å². The molecule has 1 aliphatic rings. The lowest BCUT2D eigenvalue weighted by Gasteiger charge is -2.38. The van der Waals surface area contributed by atoms with Crippen LogP contribution in [0.2, 0.25) is 0 Å². The average molecular weight is 442 g/mol. The van der Waals surface area contributed by atoms with E-state index in [4.69, 9.17) is 9.84 Å². The summed E-state index contributed by atoms with van der Waals surface area (Å²) in [6, 6.07) is 5.28. The van der Waals surface area contributed by atoms with Crippen LogP contribution in [0.15, 0.2) is 36.9 Å². The number of carbonyl (C=O) groups is 2. The van der Waals surface area contributed by atoms with E-state index < -0.39 is 18.6 Å². The maximum atomic E-state index is 12.7. The molecule has 1 fully saturated rings. The van der Waals surface area contributed by atoms with E-state index >= 15 is 0 Å². The maximum Gasteiger partial charge on any atom is 0.341 e. The highest BCUT2D eigenvalue weighted by Gasteiger charge is 2.25. The number of anilines is 3. The molecule has 0 atom stereocenters. The van der Waals surface area contributed by atoms with Gasteiger partial charge in [-0.3, -0.25) is 0 Å². The van der Waals surface area contributed by atoms with Gasteiger partial charge in [-0.25, -0.2) is 19.6 Å². The van der Waals surface area contributed by atoms with Crippen molar-refractivity contribution in [3.05, 3.63) is 36.9 Å². The van der Waals surface area contributed by atoms with E-state index in [2.05, 4.69) is 39.3 Å². The molecule has 0 saturated heterocycles. The third kappa shape index (κ3) is 6.83. The minimum Gasteiger partial charge on any atom is -0.482 e. The van der Waals surface area contributed by atoms with Crippen LogP contribution in [0, 0.1) is 5.92 Å². The number of nitrogens with one attached hydrogen (secondary N) is 2. The van der Waals surface area contributed by atoms with Crippen LogP contribution in [0.3, 0.4) is 0 Å². The Kier molecular flexibility index (Phi) is 8.24. The highest BCUT2D eigenvalue weighted by Crippen LogP contribution is 2.35. The molecule has 1 heterocycles. The van der Waals surface area contributed by atoms with Gasteiger partial charge in [0.2, 0.25) is 0 Å². The summed E-state index contributed by atoms with van der Waals surface area (Å²) in [6.45, 7) is 4.75. The van der Waals surface area contributed by atoms with Crippen molar-refractivity contribution < 1.29 is 19.4 Å². The first-order valence-electron chi connectivity index (χ1n) is 11.0. The second-order valence-corrected chi connectivity index (χ2v) is 8.41. The molecular formula is C23H31N5O4. The molecule has 1 aliphatic carbocycles. The molecule has 0 spiro atoms. The highest BCUT2D eigenvalue weighted by molar-refractivity contribution is 6.02. The van der Waals surface area contributed by atoms with Crippen LogP contribution in [-0.4, -0.2) is 46.3 Å². The first-order valence-corrected chi connectivity index (χ1v) is 11.0. The standard InChI is InChI=1S/C23H31N5O4/c1-16(2)13-28(18-6-4-3-5-7-18)21-9-8-19(32-14-22(29)30)10-20(21)27-23(31)26-17-11-24-15-25-12-17/h8-12,15-16,18H,3-7,13-14H2,1-2H3,(H,29,30)(H2,26,27,31). The minimum atomic E-state index is -1.06. The van der Waals surface area contributed by atoms with E-state index in [1.807, 2.05) is 6.07 Å². The molecular weight excluding hydrogens is 410 g/mol. The Bertz CT molecular complexity index is 901. The molecule has 172 valence electrons. The Morgan fingerprint density at radius 2 is 1.88 bits per heavy atom. The summed E-state index contributed by atoms with van der Waals surface area (Å²) >= 11 is 0. The van der Waals surface area contributed by atoms with Gasteiger partial charge in [0.1, 0.15) is 12.1 Å². The van der Waals surface area contributed by atoms with Gasteiger partial charge in [-0.1, -0.05) is 33.1 Å². The number of rotatable bonds is 9. The normalized spacial score (nSPS) is 14.1. The fourth-order valence-corrected chi connectivity index (χ4v) is 3.98. The quantitative estimate of drug-likeness (QED) is 0.529. The fourth-order valence-electron chi connectivity index (χ4n) is 3.98. The van der Waals surface area contributed by atoms with Crippen molar-refractivity contribution in [1.82, 2.24) is 9.97 Å². The van der Waals surface area contributed by atoms with Gasteiger partial charge in [0.05, 0.1) is 29.5 Å². The third-order valence-corrected chi connectivity index (χ3v) is 5.28. The number of benzene rings is 1. The summed E-state index contributed by atoms with van der Waals surface area (Å²) in [5, 5.41) is 14.6. The SMILES string of the molecule is CC(C)CN(c1ccc(OCC(=O)O)cc1NC(=O)Nc1cncnc1)C1CCCCC1. The molecule has 2 aromatic rings. The average Bonchev–Trinajstić information content (AvgIpc) is 2.77. The zero-order chi connectivity index (χ0) is 22.9. The van der Waals surface area contributed by atoms with Gasteiger partial charge in [0.25, 0.3) is 0 Å². The minimum absolute atomic E-state index is 0.377. The van der Waals surface area contributed by atoms with Gasteiger partial charge in [-0.15, -0.1) is 0 Å². The summed E-state index contributed by atoms with van der Waals surface area (Å²) in [7, 11) is 0. The first-order chi connectivity index (χ1) is 15.4. The van der Waals surface area contributed by atoms with Gasteiger partial charge >= 0.3 is 12.0 Å². The number of carboxylic acids is 1. The largest absolute Gasteiger partial charge is 0.482 e. The van der Waals surface area contributed by atoms with Crippen molar-refractivity contribution >= 4 is 29.1 Å². The van der Waals surface area contributed by atoms with Gasteiger partial charge in [0, 0.05) is 18.7 Å². The van der Waals surface area contributed by atoms with Crippen molar-refractivity contribution in [1.29, 1.82) is 0 Å². The van der Waals surface area contributed by atoms with E-state index in [0.29, 0.717) is 29.1 Å². The molecule has 1 aromatic carbocycles. The molecule has 9 heteroatoms. The Morgan fingerprint density at radius 3 is 2.53 bits per heavy atom. The zero-order valence-electron chi connectivity index (χ0n) is 18.6. The maximum absolute atomic E-state index is 12.7. The topological polar surface area (TPSA) is 117 Å². The summed E-state index contributed by atoms with van der Waals surface area (Å²) < 4.78 is 5.36. The molecule has 0 radical (unpaired) electrons. The summed E-state index contributed by atoms with van der Waals surface area (Å²) in [4.78, 5) is 33.8. The van der Waals surface area contributed by atoms with Crippen LogP contribution >= 0.6 is 0 Å². The van der Waals surface area contributed by atoms with E-state index in [0.717, 1.165) is 25.1 Å². The molecule has 2 amide bonds. The number of amides is 2. The number of aromatic nitrogens is 2. The molecule has 32 heavy (non-hydrogen) atoms. The molecule has 3 N–H and O–H groups in total. The van der Waals surface area contributed by atoms with E-state index in [1.54, 1.807) is 12.1 Å². The van der Waals surface area contributed by atoms with Crippen LogP contribution < -0.4 is 20.3 Å². The molecule has 3 rings (SSSR count). The number of urea groups is 1. The third-order valence-electron chi connectivity index (χ3n) is 5.28. The van der Waals surface area contributed by atoms with Crippen molar-refractivity contribution in [2.45, 2.75) is 52.0 Å². The lowest BCUT2D eigenvalue weighted by molar-refractivity contribution is -0.139. The van der Waals surface area contributed by atoms with Crippen molar-refractivity contribution in [2.24, 2.45) is 5.92 Å². The highest BCUT2D eigenvalue weighted by atomic mass is 16.5. The van der Waals surface area contributed by atoms with Crippen LogP contribution in [0.25, 0.3) is 0 Å². The zero-order valence-corrected chi connectivity index (χ0v) is 18.6. The van der Waals surface area contributed by atoms with E-state index in [9.17, 15) is 9.59 Å². The molecule has 1 saturated carbocycles. The number of carboxylic acid groups (broad SMARTS) is 1. The number of nitrogens with zero attached hydrogens (tertiary/aromatic N) is 3. The molecule has 1 aromatic heterocycles. The van der Waals surface area contributed by atoms with Gasteiger partial charge in [0.15, 0.2) is 6.61 Å². The van der Waals surface area contributed by atoms with Crippen LogP contribution in [-0.2, 0) is 4.79 Å². The molecule has 9 nitrogen and oxygen atoms in total. The first kappa shape index (κ1) is 23.3. The molecule has 0 aliphatic heterocycles. The fraction of sp³-hybridized carbons (Fsp3) is 0.478. The Balaban J connectivity index is 1.89. The predicted octanol–water partition coefficient (Wildman–Crippen LogP) is 4.38. The number of aliphatic carboxylic acids is 1. The lowest BCUT2D eigenvalue weighted by Crippen LogP contribution is -2.40. The summed E-state index contributed by atoms with van der Waals surface area (Å²) in [6.07, 6.45) is 10.2. The monoisotopic (exact) mass is 441 g/mol. The van der Waals surface area contributed by atoms with Crippen LogP contribution in [0.4, 0.5) is 21.9 Å². The second kappa shape index (κ2) is 11.3. The van der Waals surface area contributed by atoms with Crippen molar-refractivity contribution in [2.75, 3.05) is 28.7 Å². The Labute approximate surface area is 188 Å². The molecule has 0 unspecified atom stereocenters. The Morgan fingerprint density at radius 1 is 1.16 bits per heavy atom. The number of ether oxygens (including phenoxy) is 1. The van der Waals surface area contributed by atoms with Gasteiger partial charge in [-0.05, 0) is 30.9 Å². The van der Waals surface area contributed by atoms with Crippen molar-refractivity contribution in [3.8, 4) is 5.75 Å². The predicted molar refractivity (Wildman–Crippen MR) is 123 cm³/mol. The van der Waals surface area contributed by atoms with Gasteiger partial charge in [-0.2, -0.15) is 0 Å². The van der Waals surface area contributed by atoms with Crippen molar-refractivity contribution in [3.63, 3.8) is 0 Å². The number of hydrogen-bond donors (Lipinski definition) is 3. The molecule has 0 bridgehead atoms. The second-order valence-electron chi connectivity index (χ2n) is 8.41. The number of carbonyl (C=O) groups excluding carboxylic acids is 1. The lowest BCUT2D eigenvalue weighted by atomic mass is 9.93. The van der Waals surface area contributed by atoms with E-state index in [-0.39, 0.29) is 0 Å². The summed E-state index contributed by atoms with van der Waals surface area (Å²) in [5.41, 5.74) is 1.93. The van der Waals surface area contributed by atoms with Crippen LogP contribution in [0.5, 0.6) is 5.75 Å². The number of hydrogen-bond acceptors (Lipinski definition) is 6.